The van der Waals surface area contributed by atoms with Crippen LogP contribution in [0.3, 0.4) is 0 Å². The summed E-state index contributed by atoms with van der Waals surface area (Å²) in [7, 11) is 3.12. The average molecular weight is 374 g/mol. The molecule has 0 aliphatic heterocycles. The first-order chi connectivity index (χ1) is 12.7. The van der Waals surface area contributed by atoms with Crippen molar-refractivity contribution in [1.29, 1.82) is 0 Å². The van der Waals surface area contributed by atoms with Gasteiger partial charge in [-0.25, -0.2) is 9.37 Å². The van der Waals surface area contributed by atoms with Gasteiger partial charge in [0.05, 0.1) is 26.2 Å². The molecular formula is C19H19FN2O3S. The SMILES string of the molecule is COc1ccc(-c2nc3sc4c(c3c(=O)n2CCF)CCC4)cc1OC. The predicted octanol–water partition coefficient (Wildman–Crippen LogP) is 3.60. The predicted molar refractivity (Wildman–Crippen MR) is 100 cm³/mol. The fourth-order valence-corrected chi connectivity index (χ4v) is 4.82. The van der Waals surface area contributed by atoms with Gasteiger partial charge in [0.15, 0.2) is 11.5 Å². The molecule has 26 heavy (non-hydrogen) atoms. The molecule has 0 radical (unpaired) electrons. The van der Waals surface area contributed by atoms with Crippen molar-refractivity contribution in [3.8, 4) is 22.9 Å². The number of fused-ring (bicyclic) bond motifs is 3. The Balaban J connectivity index is 1.97. The van der Waals surface area contributed by atoms with Gasteiger partial charge >= 0.3 is 0 Å². The van der Waals surface area contributed by atoms with E-state index in [4.69, 9.17) is 14.5 Å². The van der Waals surface area contributed by atoms with Crippen LogP contribution in [0.25, 0.3) is 21.6 Å². The van der Waals surface area contributed by atoms with Crippen molar-refractivity contribution in [2.45, 2.75) is 25.8 Å². The summed E-state index contributed by atoms with van der Waals surface area (Å²) >= 11 is 1.58. The van der Waals surface area contributed by atoms with Crippen LogP contribution in [0.2, 0.25) is 0 Å². The van der Waals surface area contributed by atoms with Crippen LogP contribution in [0.4, 0.5) is 4.39 Å². The highest BCUT2D eigenvalue weighted by Crippen LogP contribution is 2.37. The summed E-state index contributed by atoms with van der Waals surface area (Å²) in [6.07, 6.45) is 2.96. The summed E-state index contributed by atoms with van der Waals surface area (Å²) in [5, 5.41) is 0.667. The Morgan fingerprint density at radius 2 is 2.04 bits per heavy atom. The molecule has 1 aromatic carbocycles. The second kappa shape index (κ2) is 6.72. The van der Waals surface area contributed by atoms with Gasteiger partial charge in [0.1, 0.15) is 17.3 Å². The zero-order valence-corrected chi connectivity index (χ0v) is 15.5. The summed E-state index contributed by atoms with van der Waals surface area (Å²) in [6, 6.07) is 5.34. The first kappa shape index (κ1) is 17.0. The van der Waals surface area contributed by atoms with E-state index in [0.717, 1.165) is 29.7 Å². The van der Waals surface area contributed by atoms with E-state index in [1.165, 1.54) is 9.44 Å². The summed E-state index contributed by atoms with van der Waals surface area (Å²) in [4.78, 5) is 19.8. The molecule has 0 unspecified atom stereocenters. The largest absolute Gasteiger partial charge is 0.493 e. The van der Waals surface area contributed by atoms with Crippen LogP contribution in [0.15, 0.2) is 23.0 Å². The van der Waals surface area contributed by atoms with E-state index in [2.05, 4.69) is 0 Å². The summed E-state index contributed by atoms with van der Waals surface area (Å²) in [5.41, 5.74) is 1.65. The minimum Gasteiger partial charge on any atom is -0.493 e. The molecule has 1 aliphatic carbocycles. The maximum Gasteiger partial charge on any atom is 0.262 e. The summed E-state index contributed by atoms with van der Waals surface area (Å²) < 4.78 is 25.3. The van der Waals surface area contributed by atoms with Crippen LogP contribution >= 0.6 is 11.3 Å². The quantitative estimate of drug-likeness (QED) is 0.685. The molecule has 0 N–H and O–H groups in total. The third-order valence-corrected chi connectivity index (χ3v) is 5.96. The topological polar surface area (TPSA) is 53.3 Å². The zero-order chi connectivity index (χ0) is 18.3. The number of benzene rings is 1. The van der Waals surface area contributed by atoms with Crippen molar-refractivity contribution in [3.63, 3.8) is 0 Å². The van der Waals surface area contributed by atoms with Crippen molar-refractivity contribution in [2.75, 3.05) is 20.9 Å². The van der Waals surface area contributed by atoms with Crippen LogP contribution in [-0.2, 0) is 19.4 Å². The number of ether oxygens (including phenoxy) is 2. The Kier molecular flexibility index (Phi) is 4.40. The third kappa shape index (κ3) is 2.58. The molecule has 4 rings (SSSR count). The first-order valence-corrected chi connectivity index (χ1v) is 9.33. The van der Waals surface area contributed by atoms with Crippen molar-refractivity contribution in [2.24, 2.45) is 0 Å². The van der Waals surface area contributed by atoms with Crippen LogP contribution in [0, 0.1) is 0 Å². The lowest BCUT2D eigenvalue weighted by Gasteiger charge is -2.13. The molecular weight excluding hydrogens is 355 g/mol. The summed E-state index contributed by atoms with van der Waals surface area (Å²) in [5.74, 6) is 1.59. The number of hydrogen-bond acceptors (Lipinski definition) is 5. The van der Waals surface area contributed by atoms with Crippen LogP contribution in [0.1, 0.15) is 16.9 Å². The highest BCUT2D eigenvalue weighted by atomic mass is 32.1. The van der Waals surface area contributed by atoms with Gasteiger partial charge < -0.3 is 9.47 Å². The van der Waals surface area contributed by atoms with E-state index in [1.54, 1.807) is 37.7 Å². The van der Waals surface area contributed by atoms with E-state index in [1.807, 2.05) is 6.07 Å². The molecule has 1 aliphatic rings. The lowest BCUT2D eigenvalue weighted by molar-refractivity contribution is 0.355. The summed E-state index contributed by atoms with van der Waals surface area (Å²) in [6.45, 7) is -0.643. The van der Waals surface area contributed by atoms with E-state index in [9.17, 15) is 9.18 Å². The Hall–Kier alpha value is -2.41. The van der Waals surface area contributed by atoms with Gasteiger partial charge in [0.2, 0.25) is 0 Å². The zero-order valence-electron chi connectivity index (χ0n) is 14.7. The van der Waals surface area contributed by atoms with Crippen molar-refractivity contribution in [1.82, 2.24) is 9.55 Å². The van der Waals surface area contributed by atoms with E-state index >= 15 is 0 Å². The van der Waals surface area contributed by atoms with Gasteiger partial charge in [0.25, 0.3) is 5.56 Å². The lowest BCUT2D eigenvalue weighted by Crippen LogP contribution is -2.24. The number of aryl methyl sites for hydroxylation is 2. The third-order valence-electron chi connectivity index (χ3n) is 4.77. The smallest absolute Gasteiger partial charge is 0.262 e. The Bertz CT molecular complexity index is 1040. The number of alkyl halides is 1. The van der Waals surface area contributed by atoms with Gasteiger partial charge in [-0.3, -0.25) is 9.36 Å². The fraction of sp³-hybridized carbons (Fsp3) is 0.368. The maximum absolute atomic E-state index is 13.2. The second-order valence-electron chi connectivity index (χ2n) is 6.19. The number of methoxy groups -OCH3 is 2. The Labute approximate surface area is 154 Å². The first-order valence-electron chi connectivity index (χ1n) is 8.51. The standard InChI is InChI=1S/C19H19FN2O3S/c1-24-13-7-6-11(10-14(13)25-2)17-21-18-16(19(23)22(17)9-8-20)12-4-3-5-15(12)26-18/h6-7,10H,3-5,8-9H2,1-2H3. The molecule has 0 saturated carbocycles. The lowest BCUT2D eigenvalue weighted by atomic mass is 10.1. The molecule has 2 heterocycles. The Morgan fingerprint density at radius 3 is 2.77 bits per heavy atom. The number of thiophene rings is 1. The second-order valence-corrected chi connectivity index (χ2v) is 7.27. The van der Waals surface area contributed by atoms with Gasteiger partial charge in [-0.05, 0) is 43.0 Å². The highest BCUT2D eigenvalue weighted by molar-refractivity contribution is 7.18. The Morgan fingerprint density at radius 1 is 1.23 bits per heavy atom. The molecule has 0 saturated heterocycles. The highest BCUT2D eigenvalue weighted by Gasteiger charge is 2.23. The molecule has 0 bridgehead atoms. The molecule has 0 fully saturated rings. The van der Waals surface area contributed by atoms with Crippen molar-refractivity contribution in [3.05, 3.63) is 39.0 Å². The van der Waals surface area contributed by atoms with Gasteiger partial charge in [0, 0.05) is 10.4 Å². The van der Waals surface area contributed by atoms with E-state index in [0.29, 0.717) is 28.3 Å². The van der Waals surface area contributed by atoms with Gasteiger partial charge in [-0.1, -0.05) is 0 Å². The van der Waals surface area contributed by atoms with Crippen LogP contribution < -0.4 is 15.0 Å². The van der Waals surface area contributed by atoms with Crippen LogP contribution in [0.5, 0.6) is 11.5 Å². The molecule has 0 amide bonds. The average Bonchev–Trinajstić information content (AvgIpc) is 3.24. The molecule has 7 heteroatoms. The normalized spacial score (nSPS) is 13.2. The minimum atomic E-state index is -0.625. The van der Waals surface area contributed by atoms with E-state index < -0.39 is 6.67 Å². The maximum atomic E-state index is 13.2. The van der Waals surface area contributed by atoms with Crippen molar-refractivity contribution < 1.29 is 13.9 Å². The van der Waals surface area contributed by atoms with Crippen LogP contribution in [-0.4, -0.2) is 30.4 Å². The molecule has 3 aromatic rings. The number of hydrogen-bond donors (Lipinski definition) is 0. The monoisotopic (exact) mass is 374 g/mol. The minimum absolute atomic E-state index is 0.0178. The molecule has 136 valence electrons. The molecule has 0 spiro atoms. The number of rotatable bonds is 5. The molecule has 0 atom stereocenters. The number of halogens is 1. The fourth-order valence-electron chi connectivity index (χ4n) is 3.56. The van der Waals surface area contributed by atoms with Gasteiger partial charge in [-0.15, -0.1) is 11.3 Å². The van der Waals surface area contributed by atoms with Crippen molar-refractivity contribution >= 4 is 21.6 Å². The number of nitrogens with zero attached hydrogens (tertiary/aromatic N) is 2. The molecule has 2 aromatic heterocycles. The van der Waals surface area contributed by atoms with Gasteiger partial charge in [-0.2, -0.15) is 0 Å². The number of aromatic nitrogens is 2. The molecule has 5 nitrogen and oxygen atoms in total. The van der Waals surface area contributed by atoms with E-state index in [-0.39, 0.29) is 12.1 Å².